The Bertz CT molecular complexity index is 1510. The van der Waals surface area contributed by atoms with E-state index in [4.69, 9.17) is 4.74 Å². The lowest BCUT2D eigenvalue weighted by atomic mass is 9.86. The van der Waals surface area contributed by atoms with Crippen molar-refractivity contribution in [3.8, 4) is 11.5 Å². The molecular weight excluding hydrogens is 562 g/mol. The van der Waals surface area contributed by atoms with E-state index in [9.17, 15) is 27.2 Å². The summed E-state index contributed by atoms with van der Waals surface area (Å²) in [6, 6.07) is 11.8. The van der Waals surface area contributed by atoms with Crippen molar-refractivity contribution in [2.45, 2.75) is 69.5 Å². The molecule has 2 heterocycles. The van der Waals surface area contributed by atoms with Gasteiger partial charge in [-0.3, -0.25) is 9.59 Å². The lowest BCUT2D eigenvalue weighted by Gasteiger charge is -2.32. The SMILES string of the molecule is O=C(Cc1cc(C2CCN(C3CC3)CC2)cc(C(F)(F)F)c1)Cc1ccc(Oc2ccnc(NC(=O)C3CC3)c2)c(F)c1. The van der Waals surface area contributed by atoms with Gasteiger partial charge in [0.15, 0.2) is 11.6 Å². The van der Waals surface area contributed by atoms with Crippen LogP contribution in [-0.2, 0) is 28.6 Å². The molecule has 1 saturated heterocycles. The molecule has 0 bridgehead atoms. The average Bonchev–Trinajstić information content (AvgIpc) is 3.87. The molecule has 6 rings (SSSR count). The van der Waals surface area contributed by atoms with Gasteiger partial charge < -0.3 is 15.0 Å². The van der Waals surface area contributed by atoms with Crippen molar-refractivity contribution in [1.82, 2.24) is 9.88 Å². The number of amides is 1. The van der Waals surface area contributed by atoms with Crippen molar-refractivity contribution in [2.75, 3.05) is 18.4 Å². The Labute approximate surface area is 247 Å². The number of pyridine rings is 1. The Kier molecular flexibility index (Phi) is 8.22. The highest BCUT2D eigenvalue weighted by Crippen LogP contribution is 2.38. The van der Waals surface area contributed by atoms with E-state index in [1.807, 2.05) is 0 Å². The van der Waals surface area contributed by atoms with E-state index >= 15 is 0 Å². The number of nitrogens with zero attached hydrogens (tertiary/aromatic N) is 2. The zero-order valence-electron chi connectivity index (χ0n) is 23.6. The van der Waals surface area contributed by atoms with E-state index in [1.165, 1.54) is 49.4 Å². The number of carbonyl (C=O) groups excluding carboxylic acids is 2. The number of anilines is 1. The summed E-state index contributed by atoms with van der Waals surface area (Å²) in [5.74, 6) is -0.571. The van der Waals surface area contributed by atoms with Gasteiger partial charge in [0.2, 0.25) is 5.91 Å². The third-order valence-corrected chi connectivity index (χ3v) is 8.36. The summed E-state index contributed by atoms with van der Waals surface area (Å²) in [5, 5.41) is 2.71. The van der Waals surface area contributed by atoms with Gasteiger partial charge in [-0.05, 0) is 105 Å². The first kappa shape index (κ1) is 29.3. The molecule has 43 heavy (non-hydrogen) atoms. The number of alkyl halides is 3. The van der Waals surface area contributed by atoms with E-state index in [0.717, 1.165) is 44.8 Å². The lowest BCUT2D eigenvalue weighted by Crippen LogP contribution is -2.34. The Balaban J connectivity index is 1.09. The average molecular weight is 596 g/mol. The van der Waals surface area contributed by atoms with Gasteiger partial charge in [-0.1, -0.05) is 12.1 Å². The fourth-order valence-corrected chi connectivity index (χ4v) is 5.76. The summed E-state index contributed by atoms with van der Waals surface area (Å²) in [5.41, 5.74) is 0.604. The van der Waals surface area contributed by atoms with E-state index < -0.39 is 17.6 Å². The zero-order chi connectivity index (χ0) is 30.1. The van der Waals surface area contributed by atoms with Crippen molar-refractivity contribution in [1.29, 1.82) is 0 Å². The number of halogens is 4. The number of nitrogens with one attached hydrogen (secondary N) is 1. The van der Waals surface area contributed by atoms with E-state index in [1.54, 1.807) is 12.1 Å². The van der Waals surface area contributed by atoms with Gasteiger partial charge in [-0.25, -0.2) is 9.37 Å². The molecule has 1 amide bonds. The molecule has 3 fully saturated rings. The van der Waals surface area contributed by atoms with Gasteiger partial charge in [-0.15, -0.1) is 0 Å². The predicted octanol–water partition coefficient (Wildman–Crippen LogP) is 7.08. The van der Waals surface area contributed by atoms with Crippen LogP contribution in [0.4, 0.5) is 23.4 Å². The summed E-state index contributed by atoms with van der Waals surface area (Å²) in [6.07, 6.45) is 2.33. The number of aromatic nitrogens is 1. The van der Waals surface area contributed by atoms with Crippen LogP contribution in [0.2, 0.25) is 0 Å². The first-order valence-corrected chi connectivity index (χ1v) is 14.8. The van der Waals surface area contributed by atoms with Gasteiger partial charge in [0.1, 0.15) is 17.4 Å². The standard InChI is InChI=1S/C33H33F4N3O3/c34-29-17-20(1-6-30(29)43-28-7-10-38-31(19-28)39-32(42)23-2-3-23)15-27(41)16-21-13-24(18-25(14-21)33(35,36)37)22-8-11-40(12-9-22)26-4-5-26/h1,6-7,10,13-14,17-19,22-23,26H,2-5,8-9,11-12,15-16H2,(H,38,39,42). The minimum Gasteiger partial charge on any atom is -0.454 e. The van der Waals surface area contributed by atoms with Crippen LogP contribution in [0.15, 0.2) is 54.7 Å². The lowest BCUT2D eigenvalue weighted by molar-refractivity contribution is -0.137. The van der Waals surface area contributed by atoms with Crippen molar-refractivity contribution in [3.05, 3.63) is 82.8 Å². The quantitative estimate of drug-likeness (QED) is 0.254. The number of rotatable bonds is 10. The fraction of sp³-hybridized carbons (Fsp3) is 0.424. The van der Waals surface area contributed by atoms with Crippen molar-refractivity contribution >= 4 is 17.5 Å². The molecule has 0 radical (unpaired) electrons. The molecular formula is C33H33F4N3O3. The summed E-state index contributed by atoms with van der Waals surface area (Å²) in [7, 11) is 0. The zero-order valence-corrected chi connectivity index (χ0v) is 23.6. The summed E-state index contributed by atoms with van der Waals surface area (Å²) in [4.78, 5) is 31.4. The Morgan fingerprint density at radius 3 is 2.33 bits per heavy atom. The van der Waals surface area contributed by atoms with Crippen LogP contribution in [0, 0.1) is 11.7 Å². The van der Waals surface area contributed by atoms with E-state index in [-0.39, 0.29) is 47.9 Å². The molecule has 1 aliphatic heterocycles. The number of benzene rings is 2. The largest absolute Gasteiger partial charge is 0.454 e. The van der Waals surface area contributed by atoms with Gasteiger partial charge >= 0.3 is 6.18 Å². The molecule has 2 aliphatic carbocycles. The number of piperidine rings is 1. The second-order valence-electron chi connectivity index (χ2n) is 11.9. The number of Topliss-reactive ketones (excluding diaryl/α,β-unsaturated/α-hetero) is 1. The van der Waals surface area contributed by atoms with Crippen LogP contribution >= 0.6 is 0 Å². The molecule has 6 nitrogen and oxygen atoms in total. The minimum atomic E-state index is -4.51. The maximum atomic E-state index is 14.9. The number of carbonyl (C=O) groups is 2. The summed E-state index contributed by atoms with van der Waals surface area (Å²) >= 11 is 0. The van der Waals surface area contributed by atoms with Gasteiger partial charge in [0.25, 0.3) is 0 Å². The molecule has 3 aromatic rings. The molecule has 1 aromatic heterocycles. The predicted molar refractivity (Wildman–Crippen MR) is 152 cm³/mol. The second-order valence-corrected chi connectivity index (χ2v) is 11.9. The summed E-state index contributed by atoms with van der Waals surface area (Å²) < 4.78 is 61.8. The fourth-order valence-electron chi connectivity index (χ4n) is 5.76. The maximum absolute atomic E-state index is 14.9. The molecule has 2 saturated carbocycles. The maximum Gasteiger partial charge on any atom is 0.416 e. The molecule has 0 atom stereocenters. The molecule has 3 aliphatic rings. The number of hydrogen-bond acceptors (Lipinski definition) is 5. The highest BCUT2D eigenvalue weighted by molar-refractivity contribution is 5.93. The van der Waals surface area contributed by atoms with Gasteiger partial charge in [0, 0.05) is 37.1 Å². The molecule has 2 aromatic carbocycles. The third-order valence-electron chi connectivity index (χ3n) is 8.36. The molecule has 0 unspecified atom stereocenters. The summed E-state index contributed by atoms with van der Waals surface area (Å²) in [6.45, 7) is 1.76. The van der Waals surface area contributed by atoms with Crippen LogP contribution in [0.25, 0.3) is 0 Å². The first-order chi connectivity index (χ1) is 20.6. The normalized spacial score (nSPS) is 18.0. The van der Waals surface area contributed by atoms with Crippen LogP contribution in [0.3, 0.4) is 0 Å². The first-order valence-electron chi connectivity index (χ1n) is 14.8. The second kappa shape index (κ2) is 12.1. The molecule has 10 heteroatoms. The monoisotopic (exact) mass is 595 g/mol. The van der Waals surface area contributed by atoms with Crippen LogP contribution in [0.1, 0.15) is 66.7 Å². The minimum absolute atomic E-state index is 0.00434. The molecule has 1 N–H and O–H groups in total. The number of likely N-dealkylation sites (tertiary alicyclic amines) is 1. The van der Waals surface area contributed by atoms with E-state index in [0.29, 0.717) is 28.6 Å². The molecule has 226 valence electrons. The Morgan fingerprint density at radius 1 is 0.907 bits per heavy atom. The number of ether oxygens (including phenoxy) is 1. The van der Waals surface area contributed by atoms with Gasteiger partial charge in [-0.2, -0.15) is 13.2 Å². The van der Waals surface area contributed by atoms with Crippen LogP contribution < -0.4 is 10.1 Å². The number of ketones is 1. The van der Waals surface area contributed by atoms with Crippen molar-refractivity contribution < 1.29 is 31.9 Å². The van der Waals surface area contributed by atoms with E-state index in [2.05, 4.69) is 15.2 Å². The highest BCUT2D eigenvalue weighted by Gasteiger charge is 2.35. The smallest absolute Gasteiger partial charge is 0.416 e. The number of hydrogen-bond donors (Lipinski definition) is 1. The van der Waals surface area contributed by atoms with Gasteiger partial charge in [0.05, 0.1) is 5.56 Å². The topological polar surface area (TPSA) is 71.5 Å². The third kappa shape index (κ3) is 7.60. The van der Waals surface area contributed by atoms with Crippen LogP contribution in [0.5, 0.6) is 11.5 Å². The Hall–Kier alpha value is -3.79. The Morgan fingerprint density at radius 2 is 1.65 bits per heavy atom. The van der Waals surface area contributed by atoms with Crippen LogP contribution in [-0.4, -0.2) is 40.7 Å². The van der Waals surface area contributed by atoms with Crippen molar-refractivity contribution in [3.63, 3.8) is 0 Å². The molecule has 0 spiro atoms. The van der Waals surface area contributed by atoms with Crippen molar-refractivity contribution in [2.24, 2.45) is 5.92 Å². The highest BCUT2D eigenvalue weighted by atomic mass is 19.4.